The lowest BCUT2D eigenvalue weighted by Crippen LogP contribution is -2.15. The van der Waals surface area contributed by atoms with E-state index in [2.05, 4.69) is 29.2 Å². The number of benzene rings is 1. The van der Waals surface area contributed by atoms with Crippen LogP contribution in [-0.4, -0.2) is 16.0 Å². The van der Waals surface area contributed by atoms with Crippen LogP contribution in [0.2, 0.25) is 0 Å². The number of aryl methyl sites for hydroxylation is 1. The maximum Gasteiger partial charge on any atom is 0.188 e. The number of oxime groups is 1. The van der Waals surface area contributed by atoms with Gasteiger partial charge in [-0.2, -0.15) is 0 Å². The fraction of sp³-hybridized carbons (Fsp3) is 0.250. The van der Waals surface area contributed by atoms with Crippen LogP contribution in [0.4, 0.5) is 0 Å². The highest BCUT2D eigenvalue weighted by atomic mass is 16.5. The first-order chi connectivity index (χ1) is 10.2. The minimum absolute atomic E-state index is 0.0132. The van der Waals surface area contributed by atoms with E-state index in [1.165, 1.54) is 5.56 Å². The summed E-state index contributed by atoms with van der Waals surface area (Å²) in [4.78, 5) is 4.03. The molecule has 0 bridgehead atoms. The molecule has 0 aliphatic heterocycles. The number of amidine groups is 1. The van der Waals surface area contributed by atoms with Crippen molar-refractivity contribution in [3.8, 4) is 5.75 Å². The van der Waals surface area contributed by atoms with Gasteiger partial charge in [-0.05, 0) is 41.8 Å². The Morgan fingerprint density at radius 2 is 2.00 bits per heavy atom. The van der Waals surface area contributed by atoms with Crippen LogP contribution in [0.3, 0.4) is 0 Å². The van der Waals surface area contributed by atoms with E-state index in [-0.39, 0.29) is 5.84 Å². The molecule has 110 valence electrons. The van der Waals surface area contributed by atoms with E-state index in [9.17, 15) is 0 Å². The summed E-state index contributed by atoms with van der Waals surface area (Å²) in [5.74, 6) is 0.804. The Labute approximate surface area is 124 Å². The van der Waals surface area contributed by atoms with Crippen molar-refractivity contribution in [1.82, 2.24) is 4.98 Å². The molecule has 2 aromatic rings. The summed E-state index contributed by atoms with van der Waals surface area (Å²) in [5.41, 5.74) is 8.15. The number of pyridine rings is 1. The van der Waals surface area contributed by atoms with Crippen LogP contribution in [0.1, 0.15) is 30.2 Å². The third-order valence-electron chi connectivity index (χ3n) is 3.06. The summed E-state index contributed by atoms with van der Waals surface area (Å²) in [6.45, 7) is 2.56. The first kappa shape index (κ1) is 14.8. The van der Waals surface area contributed by atoms with Crippen molar-refractivity contribution in [3.05, 3.63) is 59.4 Å². The first-order valence-corrected chi connectivity index (χ1v) is 6.87. The van der Waals surface area contributed by atoms with Gasteiger partial charge in [0, 0.05) is 6.20 Å². The Morgan fingerprint density at radius 1 is 1.24 bits per heavy atom. The smallest absolute Gasteiger partial charge is 0.188 e. The Hall–Kier alpha value is -2.56. The zero-order chi connectivity index (χ0) is 15.1. The Balaban J connectivity index is 1.99. The lowest BCUT2D eigenvalue weighted by molar-refractivity contribution is 0.306. The van der Waals surface area contributed by atoms with Crippen LogP contribution in [-0.2, 0) is 13.0 Å². The van der Waals surface area contributed by atoms with Gasteiger partial charge in [-0.15, -0.1) is 0 Å². The maximum atomic E-state index is 8.65. The largest absolute Gasteiger partial charge is 0.489 e. The topological polar surface area (TPSA) is 80.7 Å². The fourth-order valence-corrected chi connectivity index (χ4v) is 1.96. The second kappa shape index (κ2) is 7.28. The number of nitrogens with two attached hydrogens (primary N) is 1. The van der Waals surface area contributed by atoms with Crippen molar-refractivity contribution in [2.75, 3.05) is 0 Å². The lowest BCUT2D eigenvalue weighted by atomic mass is 10.1. The Bertz CT molecular complexity index is 609. The van der Waals surface area contributed by atoms with Gasteiger partial charge in [0.1, 0.15) is 18.1 Å². The summed E-state index contributed by atoms with van der Waals surface area (Å²) in [5, 5.41) is 11.6. The molecule has 0 aliphatic carbocycles. The highest BCUT2D eigenvalue weighted by molar-refractivity contribution is 5.95. The van der Waals surface area contributed by atoms with Crippen molar-refractivity contribution in [2.45, 2.75) is 26.4 Å². The van der Waals surface area contributed by atoms with Crippen molar-refractivity contribution in [2.24, 2.45) is 10.9 Å². The summed E-state index contributed by atoms with van der Waals surface area (Å²) < 4.78 is 5.72. The molecule has 0 fully saturated rings. The monoisotopic (exact) mass is 285 g/mol. The number of ether oxygens (including phenoxy) is 1. The van der Waals surface area contributed by atoms with E-state index in [1.807, 2.05) is 18.2 Å². The van der Waals surface area contributed by atoms with Gasteiger partial charge < -0.3 is 15.7 Å². The Kier molecular flexibility index (Phi) is 5.15. The minimum Gasteiger partial charge on any atom is -0.489 e. The average Bonchev–Trinajstić information content (AvgIpc) is 2.54. The standard InChI is InChI=1S/C16H19N3O2/c1-2-3-12-4-6-14(7-5-12)21-11-13-8-9-18-15(10-13)16(17)19-20/h4-10,20H,2-3,11H2,1H3,(H2,17,19). The molecule has 0 saturated heterocycles. The fourth-order valence-electron chi connectivity index (χ4n) is 1.96. The van der Waals surface area contributed by atoms with Gasteiger partial charge in [0.15, 0.2) is 5.84 Å². The molecule has 0 unspecified atom stereocenters. The molecule has 0 radical (unpaired) electrons. The third kappa shape index (κ3) is 4.21. The summed E-state index contributed by atoms with van der Waals surface area (Å²) in [6.07, 6.45) is 3.82. The molecular weight excluding hydrogens is 266 g/mol. The number of hydrogen-bond donors (Lipinski definition) is 2. The van der Waals surface area contributed by atoms with Crippen molar-refractivity contribution in [3.63, 3.8) is 0 Å². The normalized spacial score (nSPS) is 11.4. The third-order valence-corrected chi connectivity index (χ3v) is 3.06. The summed E-state index contributed by atoms with van der Waals surface area (Å²) in [6, 6.07) is 11.7. The van der Waals surface area contributed by atoms with Gasteiger partial charge in [0.05, 0.1) is 0 Å². The molecule has 1 aromatic carbocycles. The van der Waals surface area contributed by atoms with Crippen molar-refractivity contribution in [1.29, 1.82) is 0 Å². The summed E-state index contributed by atoms with van der Waals surface area (Å²) in [7, 11) is 0. The molecule has 3 N–H and O–H groups in total. The van der Waals surface area contributed by atoms with E-state index in [4.69, 9.17) is 15.7 Å². The molecule has 0 aliphatic rings. The lowest BCUT2D eigenvalue weighted by Gasteiger charge is -2.08. The second-order valence-electron chi connectivity index (χ2n) is 4.72. The van der Waals surface area contributed by atoms with Gasteiger partial charge in [0.25, 0.3) is 0 Å². The predicted molar refractivity (Wildman–Crippen MR) is 81.5 cm³/mol. The van der Waals surface area contributed by atoms with E-state index in [0.29, 0.717) is 12.3 Å². The van der Waals surface area contributed by atoms with E-state index < -0.39 is 0 Å². The molecule has 21 heavy (non-hydrogen) atoms. The van der Waals surface area contributed by atoms with Crippen LogP contribution in [0.15, 0.2) is 47.8 Å². The van der Waals surface area contributed by atoms with E-state index in [1.54, 1.807) is 12.3 Å². The van der Waals surface area contributed by atoms with Gasteiger partial charge >= 0.3 is 0 Å². The zero-order valence-corrected chi connectivity index (χ0v) is 12.0. The highest BCUT2D eigenvalue weighted by Gasteiger charge is 2.03. The van der Waals surface area contributed by atoms with E-state index >= 15 is 0 Å². The quantitative estimate of drug-likeness (QED) is 0.370. The molecule has 2 rings (SSSR count). The van der Waals surface area contributed by atoms with Crippen molar-refractivity contribution >= 4 is 5.84 Å². The zero-order valence-electron chi connectivity index (χ0n) is 12.0. The highest BCUT2D eigenvalue weighted by Crippen LogP contribution is 2.15. The molecule has 5 heteroatoms. The molecule has 0 amide bonds. The average molecular weight is 285 g/mol. The predicted octanol–water partition coefficient (Wildman–Crippen LogP) is 2.71. The van der Waals surface area contributed by atoms with Gasteiger partial charge in [0.2, 0.25) is 0 Å². The van der Waals surface area contributed by atoms with Gasteiger partial charge in [-0.3, -0.25) is 4.98 Å². The van der Waals surface area contributed by atoms with Crippen molar-refractivity contribution < 1.29 is 9.94 Å². The second-order valence-corrected chi connectivity index (χ2v) is 4.72. The van der Waals surface area contributed by atoms with Gasteiger partial charge in [-0.25, -0.2) is 0 Å². The molecule has 0 saturated carbocycles. The molecule has 1 heterocycles. The number of hydrogen-bond acceptors (Lipinski definition) is 4. The SMILES string of the molecule is CCCc1ccc(OCc2ccnc(C(N)=NO)c2)cc1. The Morgan fingerprint density at radius 3 is 2.67 bits per heavy atom. The number of nitrogens with zero attached hydrogens (tertiary/aromatic N) is 2. The first-order valence-electron chi connectivity index (χ1n) is 6.87. The molecule has 0 spiro atoms. The van der Waals surface area contributed by atoms with Crippen LogP contribution < -0.4 is 10.5 Å². The van der Waals surface area contributed by atoms with Crippen LogP contribution in [0.25, 0.3) is 0 Å². The molecule has 0 atom stereocenters. The number of aromatic nitrogens is 1. The van der Waals surface area contributed by atoms with E-state index in [0.717, 1.165) is 24.2 Å². The molecule has 5 nitrogen and oxygen atoms in total. The van der Waals surface area contributed by atoms with Crippen LogP contribution >= 0.6 is 0 Å². The van der Waals surface area contributed by atoms with Gasteiger partial charge in [-0.1, -0.05) is 30.6 Å². The molecule has 1 aromatic heterocycles. The van der Waals surface area contributed by atoms with Crippen LogP contribution in [0, 0.1) is 0 Å². The number of rotatable bonds is 6. The minimum atomic E-state index is -0.0132. The summed E-state index contributed by atoms with van der Waals surface area (Å²) >= 11 is 0. The van der Waals surface area contributed by atoms with Crippen LogP contribution in [0.5, 0.6) is 5.75 Å². The molecular formula is C16H19N3O2. The maximum absolute atomic E-state index is 8.65.